The van der Waals surface area contributed by atoms with Crippen LogP contribution in [-0.4, -0.2) is 24.7 Å². The highest BCUT2D eigenvalue weighted by Crippen LogP contribution is 2.25. The first-order valence-electron chi connectivity index (χ1n) is 5.97. The summed E-state index contributed by atoms with van der Waals surface area (Å²) in [5.41, 5.74) is 6.94. The normalized spacial score (nSPS) is 10.7. The Kier molecular flexibility index (Phi) is 3.34. The molecule has 0 fully saturated rings. The van der Waals surface area contributed by atoms with Gasteiger partial charge in [-0.25, -0.2) is 4.68 Å². The molecule has 0 radical (unpaired) electrons. The predicted octanol–water partition coefficient (Wildman–Crippen LogP) is 2.10. The van der Waals surface area contributed by atoms with Crippen LogP contribution in [0.1, 0.15) is 5.56 Å². The molecule has 0 aliphatic rings. The van der Waals surface area contributed by atoms with Gasteiger partial charge in [-0.1, -0.05) is 17.7 Å². The van der Waals surface area contributed by atoms with E-state index in [1.54, 1.807) is 23.1 Å². The molecule has 0 aliphatic heterocycles. The molecule has 2 heterocycles. The van der Waals surface area contributed by atoms with Crippen molar-refractivity contribution in [1.29, 1.82) is 0 Å². The van der Waals surface area contributed by atoms with Crippen molar-refractivity contribution in [3.8, 4) is 5.95 Å². The number of rotatable bonds is 3. The Hall–Kier alpha value is -2.41. The molecule has 0 saturated heterocycles. The highest BCUT2D eigenvalue weighted by atomic mass is 32.2. The number of nitrogens with two attached hydrogens (primary N) is 1. The number of aryl methyl sites for hydroxylation is 1. The summed E-state index contributed by atoms with van der Waals surface area (Å²) >= 11 is 1.44. The van der Waals surface area contributed by atoms with Gasteiger partial charge >= 0.3 is 0 Å². The Morgan fingerprint density at radius 3 is 2.60 bits per heavy atom. The number of aromatic nitrogens is 5. The molecular formula is C13H12N6S. The van der Waals surface area contributed by atoms with E-state index in [1.807, 2.05) is 31.2 Å². The lowest BCUT2D eigenvalue weighted by Crippen LogP contribution is -2.07. The molecule has 1 aromatic carbocycles. The Labute approximate surface area is 120 Å². The van der Waals surface area contributed by atoms with E-state index in [2.05, 4.69) is 20.1 Å². The van der Waals surface area contributed by atoms with Crippen LogP contribution in [0.2, 0.25) is 0 Å². The van der Waals surface area contributed by atoms with Crippen LogP contribution in [0.3, 0.4) is 0 Å². The molecule has 0 atom stereocenters. The third-order valence-electron chi connectivity index (χ3n) is 2.56. The van der Waals surface area contributed by atoms with Crippen LogP contribution < -0.4 is 5.73 Å². The fraction of sp³-hybridized carbons (Fsp3) is 0.0769. The third kappa shape index (κ3) is 2.77. The summed E-state index contributed by atoms with van der Waals surface area (Å²) in [7, 11) is 0. The van der Waals surface area contributed by atoms with E-state index in [9.17, 15) is 0 Å². The first-order valence-corrected chi connectivity index (χ1v) is 6.78. The molecule has 20 heavy (non-hydrogen) atoms. The second kappa shape index (κ2) is 5.30. The minimum atomic E-state index is 0.181. The zero-order valence-corrected chi connectivity index (χ0v) is 11.6. The van der Waals surface area contributed by atoms with E-state index in [4.69, 9.17) is 5.73 Å². The van der Waals surface area contributed by atoms with Crippen LogP contribution in [0.4, 0.5) is 5.95 Å². The lowest BCUT2D eigenvalue weighted by molar-refractivity contribution is 0.764. The number of nitrogens with zero attached hydrogens (tertiary/aromatic N) is 5. The molecule has 0 unspecified atom stereocenters. The van der Waals surface area contributed by atoms with E-state index in [0.717, 1.165) is 4.90 Å². The van der Waals surface area contributed by atoms with Crippen molar-refractivity contribution in [2.24, 2.45) is 0 Å². The van der Waals surface area contributed by atoms with Crippen LogP contribution >= 0.6 is 11.8 Å². The SMILES string of the molecule is Cc1ccc(Sc2nc(N)nc(-n3cccn3)n2)cc1. The van der Waals surface area contributed by atoms with Gasteiger partial charge in [-0.05, 0) is 36.9 Å². The maximum Gasteiger partial charge on any atom is 0.256 e. The summed E-state index contributed by atoms with van der Waals surface area (Å²) in [5, 5.41) is 4.63. The maximum atomic E-state index is 5.73. The number of hydrogen-bond acceptors (Lipinski definition) is 6. The zero-order chi connectivity index (χ0) is 13.9. The number of anilines is 1. The van der Waals surface area contributed by atoms with Crippen molar-refractivity contribution in [1.82, 2.24) is 24.7 Å². The van der Waals surface area contributed by atoms with Crippen LogP contribution in [0, 0.1) is 6.92 Å². The van der Waals surface area contributed by atoms with Crippen LogP contribution in [0.25, 0.3) is 5.95 Å². The summed E-state index contributed by atoms with van der Waals surface area (Å²) in [5.74, 6) is 0.595. The second-order valence-corrected chi connectivity index (χ2v) is 5.18. The fourth-order valence-corrected chi connectivity index (χ4v) is 2.36. The highest BCUT2D eigenvalue weighted by molar-refractivity contribution is 7.99. The summed E-state index contributed by atoms with van der Waals surface area (Å²) in [6, 6.07) is 9.93. The number of nitrogen functional groups attached to an aromatic ring is 1. The molecule has 3 aromatic rings. The molecule has 0 amide bonds. The Morgan fingerprint density at radius 1 is 1.10 bits per heavy atom. The van der Waals surface area contributed by atoms with Crippen LogP contribution in [0.15, 0.2) is 52.8 Å². The molecule has 0 saturated carbocycles. The lowest BCUT2D eigenvalue weighted by Gasteiger charge is -2.04. The van der Waals surface area contributed by atoms with Gasteiger partial charge in [0.1, 0.15) is 0 Å². The number of benzene rings is 1. The topological polar surface area (TPSA) is 82.5 Å². The van der Waals surface area contributed by atoms with Gasteiger partial charge in [-0.3, -0.25) is 0 Å². The molecule has 6 nitrogen and oxygen atoms in total. The van der Waals surface area contributed by atoms with E-state index in [1.165, 1.54) is 17.3 Å². The van der Waals surface area contributed by atoms with E-state index < -0.39 is 0 Å². The van der Waals surface area contributed by atoms with Crippen LogP contribution in [0.5, 0.6) is 0 Å². The van der Waals surface area contributed by atoms with Gasteiger partial charge < -0.3 is 5.73 Å². The first kappa shape index (κ1) is 12.6. The second-order valence-electron chi connectivity index (χ2n) is 4.14. The van der Waals surface area contributed by atoms with Crippen molar-refractivity contribution in [2.45, 2.75) is 17.0 Å². The lowest BCUT2D eigenvalue weighted by atomic mass is 10.2. The molecule has 3 rings (SSSR count). The van der Waals surface area contributed by atoms with Crippen molar-refractivity contribution < 1.29 is 0 Å². The Bertz CT molecular complexity index is 708. The molecular weight excluding hydrogens is 272 g/mol. The molecule has 7 heteroatoms. The van der Waals surface area contributed by atoms with Gasteiger partial charge in [-0.2, -0.15) is 20.1 Å². The Balaban J connectivity index is 1.92. The predicted molar refractivity (Wildman–Crippen MR) is 76.7 cm³/mol. The van der Waals surface area contributed by atoms with Crippen molar-refractivity contribution in [3.63, 3.8) is 0 Å². The molecule has 0 aliphatic carbocycles. The van der Waals surface area contributed by atoms with Crippen molar-refractivity contribution in [2.75, 3.05) is 5.73 Å². The number of hydrogen-bond donors (Lipinski definition) is 1. The van der Waals surface area contributed by atoms with E-state index in [-0.39, 0.29) is 5.95 Å². The van der Waals surface area contributed by atoms with Gasteiger partial charge in [0.2, 0.25) is 5.95 Å². The Morgan fingerprint density at radius 2 is 1.90 bits per heavy atom. The third-order valence-corrected chi connectivity index (χ3v) is 3.43. The summed E-state index contributed by atoms with van der Waals surface area (Å²) in [6.45, 7) is 2.05. The minimum Gasteiger partial charge on any atom is -0.368 e. The van der Waals surface area contributed by atoms with E-state index in [0.29, 0.717) is 11.1 Å². The van der Waals surface area contributed by atoms with Crippen molar-refractivity contribution in [3.05, 3.63) is 48.3 Å². The van der Waals surface area contributed by atoms with Gasteiger partial charge in [0, 0.05) is 17.3 Å². The van der Waals surface area contributed by atoms with Gasteiger partial charge in [0.15, 0.2) is 5.16 Å². The van der Waals surface area contributed by atoms with Gasteiger partial charge in [0.25, 0.3) is 5.95 Å². The summed E-state index contributed by atoms with van der Waals surface area (Å²) in [4.78, 5) is 13.6. The first-order chi connectivity index (χ1) is 9.70. The quantitative estimate of drug-likeness (QED) is 0.793. The summed E-state index contributed by atoms with van der Waals surface area (Å²) in [6.07, 6.45) is 3.42. The van der Waals surface area contributed by atoms with Crippen molar-refractivity contribution >= 4 is 17.7 Å². The van der Waals surface area contributed by atoms with Crippen LogP contribution in [-0.2, 0) is 0 Å². The summed E-state index contributed by atoms with van der Waals surface area (Å²) < 4.78 is 1.55. The average Bonchev–Trinajstić information content (AvgIpc) is 2.95. The monoisotopic (exact) mass is 284 g/mol. The maximum absolute atomic E-state index is 5.73. The smallest absolute Gasteiger partial charge is 0.256 e. The average molecular weight is 284 g/mol. The molecule has 2 N–H and O–H groups in total. The van der Waals surface area contributed by atoms with Gasteiger partial charge in [-0.15, -0.1) is 0 Å². The zero-order valence-electron chi connectivity index (χ0n) is 10.8. The molecule has 0 spiro atoms. The fourth-order valence-electron chi connectivity index (χ4n) is 1.61. The standard InChI is InChI=1S/C13H12N6S/c1-9-3-5-10(6-4-9)20-13-17-11(14)16-12(18-13)19-8-2-7-15-19/h2-8H,1H3,(H2,14,16,17,18). The molecule has 0 bridgehead atoms. The highest BCUT2D eigenvalue weighted by Gasteiger charge is 2.08. The molecule has 2 aromatic heterocycles. The van der Waals surface area contributed by atoms with E-state index >= 15 is 0 Å². The minimum absolute atomic E-state index is 0.181. The largest absolute Gasteiger partial charge is 0.368 e. The van der Waals surface area contributed by atoms with Gasteiger partial charge in [0.05, 0.1) is 0 Å². The molecule has 100 valence electrons.